The SMILES string of the molecule is O=C(CCC(=O)c1ccc(/C(F)=C/C(c2cc(F)c(F)c(F)c2)C(F)(F)F)cc1C(F)(F)F)NCC(F)(F)F. The van der Waals surface area contributed by atoms with Crippen LogP contribution in [-0.4, -0.2) is 30.6 Å². The molecule has 0 saturated heterocycles. The van der Waals surface area contributed by atoms with Gasteiger partial charge in [-0.25, -0.2) is 17.6 Å². The predicted octanol–water partition coefficient (Wildman–Crippen LogP) is 7.42. The van der Waals surface area contributed by atoms with Crippen molar-refractivity contribution in [3.8, 4) is 0 Å². The van der Waals surface area contributed by atoms with E-state index >= 15 is 0 Å². The van der Waals surface area contributed by atoms with Crippen LogP contribution in [0.15, 0.2) is 36.4 Å². The minimum Gasteiger partial charge on any atom is -0.347 e. The van der Waals surface area contributed by atoms with Crippen molar-refractivity contribution in [2.45, 2.75) is 37.3 Å². The van der Waals surface area contributed by atoms with Crippen LogP contribution in [0.2, 0.25) is 0 Å². The highest BCUT2D eigenvalue weighted by molar-refractivity contribution is 5.99. The van der Waals surface area contributed by atoms with Crippen molar-refractivity contribution in [2.75, 3.05) is 6.54 Å². The summed E-state index contributed by atoms with van der Waals surface area (Å²) in [5.74, 6) is -14.0. The van der Waals surface area contributed by atoms with E-state index in [1.807, 2.05) is 0 Å². The van der Waals surface area contributed by atoms with Crippen molar-refractivity contribution < 1.29 is 66.7 Å². The van der Waals surface area contributed by atoms with E-state index in [0.29, 0.717) is 12.1 Å². The van der Waals surface area contributed by atoms with Crippen molar-refractivity contribution in [3.63, 3.8) is 0 Å². The van der Waals surface area contributed by atoms with Gasteiger partial charge in [-0.2, -0.15) is 39.5 Å². The summed E-state index contributed by atoms with van der Waals surface area (Å²) in [4.78, 5) is 23.6. The van der Waals surface area contributed by atoms with Gasteiger partial charge in [0.15, 0.2) is 23.2 Å². The number of rotatable bonds is 8. The fourth-order valence-corrected chi connectivity index (χ4v) is 3.20. The maximum absolute atomic E-state index is 14.7. The molecule has 0 aliphatic rings. The van der Waals surface area contributed by atoms with E-state index in [1.54, 1.807) is 0 Å². The Kier molecular flexibility index (Phi) is 9.45. The zero-order chi connectivity index (χ0) is 29.9. The summed E-state index contributed by atoms with van der Waals surface area (Å²) in [5.41, 5.74) is -5.44. The van der Waals surface area contributed by atoms with E-state index in [2.05, 4.69) is 0 Å². The van der Waals surface area contributed by atoms with E-state index in [-0.39, 0.29) is 24.3 Å². The fourth-order valence-electron chi connectivity index (χ4n) is 3.20. The molecule has 2 aromatic rings. The van der Waals surface area contributed by atoms with Crippen LogP contribution in [0.5, 0.6) is 0 Å². The number of hydrogen-bond donors (Lipinski definition) is 1. The largest absolute Gasteiger partial charge is 0.417 e. The van der Waals surface area contributed by atoms with Crippen molar-refractivity contribution in [1.29, 1.82) is 0 Å². The van der Waals surface area contributed by atoms with Crippen molar-refractivity contribution in [3.05, 3.63) is 76.1 Å². The molecule has 39 heavy (non-hydrogen) atoms. The van der Waals surface area contributed by atoms with Gasteiger partial charge in [-0.15, -0.1) is 0 Å². The minimum atomic E-state index is -5.44. The molecule has 1 amide bonds. The lowest BCUT2D eigenvalue weighted by molar-refractivity contribution is -0.140. The molecule has 0 fully saturated rings. The third-order valence-corrected chi connectivity index (χ3v) is 5.00. The average Bonchev–Trinajstić information content (AvgIpc) is 2.80. The summed E-state index contributed by atoms with van der Waals surface area (Å²) in [6.07, 6.45) is -17.9. The van der Waals surface area contributed by atoms with Crippen LogP contribution < -0.4 is 5.32 Å². The number of allylic oxidation sites excluding steroid dienone is 1. The maximum atomic E-state index is 14.7. The average molecular weight is 583 g/mol. The third kappa shape index (κ3) is 8.71. The Labute approximate surface area is 210 Å². The summed E-state index contributed by atoms with van der Waals surface area (Å²) in [5, 5.41) is 1.40. The van der Waals surface area contributed by atoms with E-state index in [9.17, 15) is 66.7 Å². The molecule has 3 nitrogen and oxygen atoms in total. The minimum absolute atomic E-state index is 0.0396. The van der Waals surface area contributed by atoms with Gasteiger partial charge >= 0.3 is 18.5 Å². The monoisotopic (exact) mass is 583 g/mol. The van der Waals surface area contributed by atoms with Crippen LogP contribution in [0.4, 0.5) is 57.1 Å². The first kappa shape index (κ1) is 31.6. The number of Topliss-reactive ketones (excluding diaryl/α,β-unsaturated/α-hetero) is 1. The highest BCUT2D eigenvalue weighted by atomic mass is 19.4. The smallest absolute Gasteiger partial charge is 0.347 e. The Morgan fingerprint density at radius 1 is 0.846 bits per heavy atom. The number of ketones is 1. The Morgan fingerprint density at radius 2 is 1.41 bits per heavy atom. The van der Waals surface area contributed by atoms with Crippen molar-refractivity contribution in [1.82, 2.24) is 5.32 Å². The quantitative estimate of drug-likeness (QED) is 0.200. The molecule has 0 spiro atoms. The number of carbonyl (C=O) groups is 2. The lowest BCUT2D eigenvalue weighted by atomic mass is 9.94. The zero-order valence-corrected chi connectivity index (χ0v) is 18.9. The normalized spacial score (nSPS) is 13.8. The van der Waals surface area contributed by atoms with Crippen LogP contribution >= 0.6 is 0 Å². The molecule has 2 rings (SSSR count). The van der Waals surface area contributed by atoms with Gasteiger partial charge < -0.3 is 5.32 Å². The lowest BCUT2D eigenvalue weighted by Crippen LogP contribution is -2.33. The standard InChI is InChI=1S/C23H14F13NO2/c24-15(8-13(22(31,32)33)11-6-16(25)20(27)17(26)7-11)10-1-2-12(14(5-10)23(34,35)36)18(38)3-4-19(39)37-9-21(28,29)30/h1-2,5-8,13H,3-4,9H2,(H,37,39)/b15-8-. The van der Waals surface area contributed by atoms with Gasteiger partial charge in [0.05, 0.1) is 5.56 Å². The summed E-state index contributed by atoms with van der Waals surface area (Å²) < 4.78 is 172. The summed E-state index contributed by atoms with van der Waals surface area (Å²) >= 11 is 0. The number of alkyl halides is 9. The van der Waals surface area contributed by atoms with E-state index in [1.165, 1.54) is 5.32 Å². The molecule has 0 heterocycles. The first-order chi connectivity index (χ1) is 17.7. The van der Waals surface area contributed by atoms with Crippen LogP contribution in [-0.2, 0) is 11.0 Å². The highest BCUT2D eigenvalue weighted by Crippen LogP contribution is 2.40. The van der Waals surface area contributed by atoms with Crippen LogP contribution in [0.1, 0.15) is 45.8 Å². The van der Waals surface area contributed by atoms with Crippen molar-refractivity contribution in [2.24, 2.45) is 0 Å². The Hall–Kier alpha value is -3.59. The number of halogens is 13. The predicted molar refractivity (Wildman–Crippen MR) is 108 cm³/mol. The second-order valence-electron chi connectivity index (χ2n) is 7.91. The highest BCUT2D eigenvalue weighted by Gasteiger charge is 2.41. The molecule has 2 aromatic carbocycles. The first-order valence-corrected chi connectivity index (χ1v) is 10.4. The first-order valence-electron chi connectivity index (χ1n) is 10.4. The Morgan fingerprint density at radius 3 is 1.90 bits per heavy atom. The van der Waals surface area contributed by atoms with Gasteiger partial charge in [0, 0.05) is 24.0 Å². The van der Waals surface area contributed by atoms with E-state index in [0.717, 1.165) is 0 Å². The molecule has 0 aliphatic carbocycles. The second kappa shape index (κ2) is 11.7. The van der Waals surface area contributed by atoms with Gasteiger partial charge in [-0.05, 0) is 29.8 Å². The molecular formula is C23H14F13NO2. The molecule has 0 radical (unpaired) electrons. The van der Waals surface area contributed by atoms with Crippen LogP contribution in [0.25, 0.3) is 5.83 Å². The molecular weight excluding hydrogens is 569 g/mol. The van der Waals surface area contributed by atoms with E-state index < -0.39 is 101 Å². The molecule has 1 unspecified atom stereocenters. The third-order valence-electron chi connectivity index (χ3n) is 5.00. The van der Waals surface area contributed by atoms with Gasteiger partial charge in [0.25, 0.3) is 0 Å². The molecule has 0 saturated carbocycles. The molecule has 214 valence electrons. The fraction of sp³-hybridized carbons (Fsp3) is 0.304. The second-order valence-corrected chi connectivity index (χ2v) is 7.91. The maximum Gasteiger partial charge on any atom is 0.417 e. The van der Waals surface area contributed by atoms with E-state index in [4.69, 9.17) is 0 Å². The molecule has 0 aromatic heterocycles. The number of nitrogens with one attached hydrogen (secondary N) is 1. The summed E-state index contributed by atoms with van der Waals surface area (Å²) in [6, 6.07) is 0.656. The summed E-state index contributed by atoms with van der Waals surface area (Å²) in [6.45, 7) is -1.76. The van der Waals surface area contributed by atoms with Gasteiger partial charge in [-0.1, -0.05) is 12.1 Å². The van der Waals surface area contributed by atoms with Crippen LogP contribution in [0, 0.1) is 17.5 Å². The van der Waals surface area contributed by atoms with Gasteiger partial charge in [0.1, 0.15) is 18.3 Å². The molecule has 0 aliphatic heterocycles. The van der Waals surface area contributed by atoms with Gasteiger partial charge in [0.2, 0.25) is 5.91 Å². The summed E-state index contributed by atoms with van der Waals surface area (Å²) in [7, 11) is 0. The van der Waals surface area contributed by atoms with Gasteiger partial charge in [-0.3, -0.25) is 9.59 Å². The number of benzene rings is 2. The molecule has 1 atom stereocenters. The Balaban J connectivity index is 2.41. The molecule has 0 bridgehead atoms. The number of carbonyl (C=O) groups excluding carboxylic acids is 2. The number of amides is 1. The zero-order valence-electron chi connectivity index (χ0n) is 18.9. The molecule has 1 N–H and O–H groups in total. The lowest BCUT2D eigenvalue weighted by Gasteiger charge is -2.19. The van der Waals surface area contributed by atoms with Crippen molar-refractivity contribution >= 4 is 17.5 Å². The molecule has 16 heteroatoms. The van der Waals surface area contributed by atoms with Crippen LogP contribution in [0.3, 0.4) is 0 Å². The topological polar surface area (TPSA) is 46.2 Å². The Bertz CT molecular complexity index is 1240. The number of hydrogen-bond acceptors (Lipinski definition) is 2.